The monoisotopic (exact) mass is 493 g/mol. The Hall–Kier alpha value is -1.75. The first-order valence-corrected chi connectivity index (χ1v) is 12.8. The summed E-state index contributed by atoms with van der Waals surface area (Å²) in [5, 5.41) is 30.6. The number of β-lactam (4-membered cyclic amide) rings is 1. The number of thioether (sulfide) groups is 2. The lowest BCUT2D eigenvalue weighted by atomic mass is 10.0. The largest absolute Gasteiger partial charge is 0.477 e. The quantitative estimate of drug-likeness (QED) is 0.193. The van der Waals surface area contributed by atoms with Crippen LogP contribution in [0, 0.1) is 0 Å². The predicted molar refractivity (Wildman–Crippen MR) is 114 cm³/mol. The van der Waals surface area contributed by atoms with Crippen molar-refractivity contribution in [1.82, 2.24) is 30.8 Å². The maximum Gasteiger partial charge on any atom is 0.352 e. The smallest absolute Gasteiger partial charge is 0.352 e. The highest BCUT2D eigenvalue weighted by atomic mass is 32.2. The summed E-state index contributed by atoms with van der Waals surface area (Å²) in [6.07, 6.45) is 0.597. The van der Waals surface area contributed by atoms with E-state index in [4.69, 9.17) is 17.4 Å². The van der Waals surface area contributed by atoms with E-state index in [1.807, 2.05) is 6.92 Å². The van der Waals surface area contributed by atoms with Crippen molar-refractivity contribution in [3.8, 4) is 0 Å². The van der Waals surface area contributed by atoms with Gasteiger partial charge in [-0.25, -0.2) is 18.4 Å². The topological polar surface area (TPSA) is 184 Å². The summed E-state index contributed by atoms with van der Waals surface area (Å²) in [5.74, 6) is -1.74. The molecule has 1 fully saturated rings. The zero-order chi connectivity index (χ0) is 22.1. The molecule has 2 aliphatic rings. The summed E-state index contributed by atoms with van der Waals surface area (Å²) in [6, 6.07) is -0.592. The molecule has 0 spiro atoms. The zero-order valence-electron chi connectivity index (χ0n) is 15.6. The Morgan fingerprint density at radius 1 is 1.57 bits per heavy atom. The Bertz CT molecular complexity index is 981. The third-order valence-electron chi connectivity index (χ3n) is 4.46. The number of tetrazole rings is 1. The van der Waals surface area contributed by atoms with Gasteiger partial charge in [-0.15, -0.1) is 22.0 Å². The molecule has 0 radical (unpaired) electrons. The molecular formula is C14H19N7O5S4. The maximum absolute atomic E-state index is 12.7. The predicted octanol–water partition coefficient (Wildman–Crippen LogP) is -0.712. The number of aromatic nitrogens is 4. The number of hydrogen-bond donors (Lipinski definition) is 4. The number of carbonyl (C=O) groups excluding carboxylic acids is 1. The van der Waals surface area contributed by atoms with E-state index < -0.39 is 38.6 Å². The lowest BCUT2D eigenvalue weighted by Crippen LogP contribution is -2.70. The first-order chi connectivity index (χ1) is 14.1. The van der Waals surface area contributed by atoms with Gasteiger partial charge in [-0.3, -0.25) is 9.69 Å². The molecule has 3 rings (SSSR count). The van der Waals surface area contributed by atoms with Gasteiger partial charge in [0, 0.05) is 11.0 Å². The fourth-order valence-corrected chi connectivity index (χ4v) is 6.45. The summed E-state index contributed by atoms with van der Waals surface area (Å²) in [4.78, 5) is 26.5. The number of aromatic amines is 1. The molecule has 5 N–H and O–H groups in total. The molecule has 1 amide bonds. The van der Waals surface area contributed by atoms with Gasteiger partial charge in [0.25, 0.3) is 5.91 Å². The molecule has 12 nitrogen and oxygen atoms in total. The van der Waals surface area contributed by atoms with Crippen LogP contribution < -0.4 is 10.5 Å². The fraction of sp³-hybridized carbons (Fsp3) is 0.571. The molecule has 0 aromatic carbocycles. The molecule has 30 heavy (non-hydrogen) atoms. The van der Waals surface area contributed by atoms with Crippen molar-refractivity contribution in [2.24, 2.45) is 5.14 Å². The summed E-state index contributed by atoms with van der Waals surface area (Å²) < 4.78 is 23.0. The first-order valence-electron chi connectivity index (χ1n) is 8.73. The molecule has 0 bridgehead atoms. The number of carbonyl (C=O) groups is 2. The highest BCUT2D eigenvalue weighted by Crippen LogP contribution is 2.44. The minimum absolute atomic E-state index is 0.0268. The number of thiocarbonyl (C=S) groups is 1. The van der Waals surface area contributed by atoms with Crippen molar-refractivity contribution in [1.29, 1.82) is 0 Å². The van der Waals surface area contributed by atoms with Crippen LogP contribution in [0.25, 0.3) is 0 Å². The Kier molecular flexibility index (Phi) is 7.01. The van der Waals surface area contributed by atoms with E-state index in [9.17, 15) is 23.1 Å². The van der Waals surface area contributed by atoms with E-state index in [0.29, 0.717) is 17.0 Å². The maximum atomic E-state index is 12.7. The Balaban J connectivity index is 1.92. The van der Waals surface area contributed by atoms with Crippen molar-refractivity contribution < 1.29 is 23.1 Å². The van der Waals surface area contributed by atoms with Gasteiger partial charge in [0.1, 0.15) is 17.1 Å². The average molecular weight is 494 g/mol. The Labute approximate surface area is 185 Å². The van der Waals surface area contributed by atoms with E-state index in [1.54, 1.807) is 0 Å². The number of primary sulfonamides is 1. The van der Waals surface area contributed by atoms with Crippen molar-refractivity contribution in [3.63, 3.8) is 0 Å². The number of aliphatic carboxylic acids is 1. The third-order valence-corrected chi connectivity index (χ3v) is 8.17. The number of fused-ring (bicyclic) bond motifs is 1. The van der Waals surface area contributed by atoms with E-state index in [2.05, 4.69) is 25.9 Å². The van der Waals surface area contributed by atoms with Crippen molar-refractivity contribution in [2.75, 3.05) is 11.5 Å². The highest BCUT2D eigenvalue weighted by molar-refractivity contribution is 8.01. The van der Waals surface area contributed by atoms with Crippen LogP contribution in [0.15, 0.2) is 16.4 Å². The van der Waals surface area contributed by atoms with Crippen LogP contribution in [0.2, 0.25) is 0 Å². The lowest BCUT2D eigenvalue weighted by molar-refractivity contribution is -0.148. The molecule has 2 aliphatic heterocycles. The fourth-order valence-electron chi connectivity index (χ4n) is 3.07. The number of nitrogens with two attached hydrogens (primary N) is 1. The zero-order valence-corrected chi connectivity index (χ0v) is 18.9. The number of hydrogen-bond acceptors (Lipinski definition) is 10. The van der Waals surface area contributed by atoms with E-state index in [1.165, 1.54) is 16.7 Å². The molecule has 3 atom stereocenters. The van der Waals surface area contributed by atoms with Gasteiger partial charge in [-0.05, 0) is 23.6 Å². The minimum Gasteiger partial charge on any atom is -0.477 e. The summed E-state index contributed by atoms with van der Waals surface area (Å²) in [6.45, 7) is 1.86. The number of sulfonamides is 1. The van der Waals surface area contributed by atoms with Gasteiger partial charge in [0.15, 0.2) is 0 Å². The number of nitrogens with zero attached hydrogens (tertiary/aromatic N) is 4. The van der Waals surface area contributed by atoms with Crippen LogP contribution in [0.1, 0.15) is 19.8 Å². The molecule has 164 valence electrons. The average Bonchev–Trinajstić information content (AvgIpc) is 3.20. The van der Waals surface area contributed by atoms with Gasteiger partial charge in [0.2, 0.25) is 15.2 Å². The van der Waals surface area contributed by atoms with Crippen LogP contribution in [-0.2, 0) is 19.6 Å². The molecule has 3 heterocycles. The second kappa shape index (κ2) is 9.17. The van der Waals surface area contributed by atoms with Crippen LogP contribution in [0.3, 0.4) is 0 Å². The third kappa shape index (κ3) is 4.93. The van der Waals surface area contributed by atoms with Crippen molar-refractivity contribution >= 4 is 62.6 Å². The molecule has 16 heteroatoms. The second-order valence-corrected chi connectivity index (χ2v) is 10.9. The molecule has 2 unspecified atom stereocenters. The van der Waals surface area contributed by atoms with Crippen LogP contribution >= 0.6 is 35.7 Å². The lowest BCUT2D eigenvalue weighted by Gasteiger charge is -2.50. The highest BCUT2D eigenvalue weighted by Gasteiger charge is 2.54. The SMILES string of the molecule is CCC(=S)NC1C(=O)N2C(C(=O)O)=C(C(CCS(N)(=O)=O)Sc3nn[nH]n3)CS[C@H]12. The van der Waals surface area contributed by atoms with Gasteiger partial charge in [0.05, 0.1) is 10.7 Å². The van der Waals surface area contributed by atoms with Gasteiger partial charge in [-0.2, -0.15) is 5.21 Å². The molecule has 1 aromatic rings. The van der Waals surface area contributed by atoms with Crippen molar-refractivity contribution in [3.05, 3.63) is 11.3 Å². The standard InChI is InChI=1S/C14H19N7O5S4/c1-2-8(27)16-9-11(22)21-10(13(23)24)6(5-28-12(9)21)7(3-4-30(15,25)26)29-14-17-19-20-18-14/h7,9,12H,2-5H2,1H3,(H,16,27)(H,23,24)(H2,15,25,26)(H,17,18,19,20)/t7?,9?,12-/m1/s1. The van der Waals surface area contributed by atoms with Gasteiger partial charge < -0.3 is 10.4 Å². The summed E-state index contributed by atoms with van der Waals surface area (Å²) >= 11 is 7.59. The summed E-state index contributed by atoms with van der Waals surface area (Å²) in [7, 11) is -3.78. The van der Waals surface area contributed by atoms with Crippen LogP contribution in [0.5, 0.6) is 0 Å². The number of rotatable bonds is 9. The van der Waals surface area contributed by atoms with Crippen molar-refractivity contribution in [2.45, 2.75) is 41.6 Å². The van der Waals surface area contributed by atoms with E-state index >= 15 is 0 Å². The Morgan fingerprint density at radius 2 is 2.30 bits per heavy atom. The normalized spacial score (nSPS) is 22.3. The number of carboxylic acid groups (broad SMARTS) is 1. The van der Waals surface area contributed by atoms with E-state index in [0.717, 1.165) is 11.8 Å². The number of nitrogens with one attached hydrogen (secondary N) is 2. The second-order valence-electron chi connectivity index (χ2n) is 6.44. The molecule has 1 aromatic heterocycles. The molecule has 0 aliphatic carbocycles. The number of H-pyrrole nitrogens is 1. The number of carboxylic acids is 1. The van der Waals surface area contributed by atoms with Gasteiger partial charge in [-0.1, -0.05) is 30.9 Å². The van der Waals surface area contributed by atoms with Gasteiger partial charge >= 0.3 is 5.97 Å². The summed E-state index contributed by atoms with van der Waals surface area (Å²) in [5.41, 5.74) is 0.256. The molecule has 0 saturated carbocycles. The first kappa shape index (κ1) is 22.9. The molecule has 1 saturated heterocycles. The number of amides is 1. The van der Waals surface area contributed by atoms with Crippen LogP contribution in [-0.4, -0.2) is 84.1 Å². The minimum atomic E-state index is -3.78. The molecular weight excluding hydrogens is 474 g/mol. The van der Waals surface area contributed by atoms with E-state index in [-0.39, 0.29) is 28.8 Å². The Morgan fingerprint density at radius 3 is 2.87 bits per heavy atom. The van der Waals surface area contributed by atoms with Crippen LogP contribution in [0.4, 0.5) is 0 Å².